The van der Waals surface area contributed by atoms with Gasteiger partial charge in [0.15, 0.2) is 0 Å². The molecule has 0 bridgehead atoms. The van der Waals surface area contributed by atoms with Crippen LogP contribution < -0.4 is 5.73 Å². The lowest BCUT2D eigenvalue weighted by atomic mass is 9.78. The molecule has 0 radical (unpaired) electrons. The molecule has 1 unspecified atom stereocenters. The topological polar surface area (TPSA) is 26.0 Å². The average molecular weight is 155 g/mol. The molecule has 1 rings (SSSR count). The molecule has 0 amide bonds. The quantitative estimate of drug-likeness (QED) is 0.651. The molecule has 1 aliphatic carbocycles. The third-order valence-electron chi connectivity index (χ3n) is 3.22. The van der Waals surface area contributed by atoms with Crippen LogP contribution in [0.2, 0.25) is 0 Å². The van der Waals surface area contributed by atoms with Crippen molar-refractivity contribution in [3.63, 3.8) is 0 Å². The molecule has 1 fully saturated rings. The molecule has 1 heteroatoms. The van der Waals surface area contributed by atoms with Gasteiger partial charge in [0.2, 0.25) is 0 Å². The Morgan fingerprint density at radius 2 is 1.64 bits per heavy atom. The third-order valence-corrected chi connectivity index (χ3v) is 3.22. The summed E-state index contributed by atoms with van der Waals surface area (Å²) >= 11 is 0. The van der Waals surface area contributed by atoms with Gasteiger partial charge in [0.25, 0.3) is 0 Å². The molecule has 11 heavy (non-hydrogen) atoms. The fourth-order valence-electron chi connectivity index (χ4n) is 2.09. The van der Waals surface area contributed by atoms with Gasteiger partial charge in [-0.25, -0.2) is 0 Å². The predicted octanol–water partition coefficient (Wildman–Crippen LogP) is 2.55. The molecule has 0 saturated heterocycles. The average Bonchev–Trinajstić information content (AvgIpc) is 2.05. The highest BCUT2D eigenvalue weighted by Gasteiger charge is 2.21. The van der Waals surface area contributed by atoms with E-state index in [0.29, 0.717) is 6.04 Å². The van der Waals surface area contributed by atoms with Crippen molar-refractivity contribution in [2.24, 2.45) is 17.6 Å². The Hall–Kier alpha value is -0.0400. The molecule has 2 N–H and O–H groups in total. The lowest BCUT2D eigenvalue weighted by Crippen LogP contribution is -2.31. The van der Waals surface area contributed by atoms with Crippen LogP contribution in [-0.4, -0.2) is 6.04 Å². The van der Waals surface area contributed by atoms with Crippen LogP contribution in [-0.2, 0) is 0 Å². The maximum absolute atomic E-state index is 5.87. The standard InChI is InChI=1S/C10H21N/c1-8(9(2)11)10-6-4-3-5-7-10/h8-10H,3-7,11H2,1-2H3/t8?,9-/m1/s1. The summed E-state index contributed by atoms with van der Waals surface area (Å²) in [6, 6.07) is 0.387. The van der Waals surface area contributed by atoms with Gasteiger partial charge in [0.1, 0.15) is 0 Å². The first kappa shape index (κ1) is 9.05. The fourth-order valence-corrected chi connectivity index (χ4v) is 2.09. The van der Waals surface area contributed by atoms with Crippen LogP contribution in [0, 0.1) is 11.8 Å². The van der Waals surface area contributed by atoms with Crippen LogP contribution in [0.5, 0.6) is 0 Å². The normalized spacial score (nSPS) is 26.5. The van der Waals surface area contributed by atoms with Gasteiger partial charge in [0, 0.05) is 6.04 Å². The monoisotopic (exact) mass is 155 g/mol. The highest BCUT2D eigenvalue weighted by atomic mass is 14.6. The van der Waals surface area contributed by atoms with Gasteiger partial charge in [-0.05, 0) is 18.8 Å². The minimum absolute atomic E-state index is 0.387. The predicted molar refractivity (Wildman–Crippen MR) is 49.4 cm³/mol. The van der Waals surface area contributed by atoms with E-state index in [-0.39, 0.29) is 0 Å². The van der Waals surface area contributed by atoms with E-state index in [0.717, 1.165) is 11.8 Å². The van der Waals surface area contributed by atoms with E-state index in [9.17, 15) is 0 Å². The summed E-state index contributed by atoms with van der Waals surface area (Å²) in [4.78, 5) is 0. The summed E-state index contributed by atoms with van der Waals surface area (Å²) in [6.45, 7) is 4.44. The lowest BCUT2D eigenvalue weighted by Gasteiger charge is -2.29. The van der Waals surface area contributed by atoms with Gasteiger partial charge in [-0.15, -0.1) is 0 Å². The lowest BCUT2D eigenvalue weighted by molar-refractivity contribution is 0.239. The van der Waals surface area contributed by atoms with E-state index in [4.69, 9.17) is 5.73 Å². The Morgan fingerprint density at radius 1 is 1.09 bits per heavy atom. The molecule has 0 heterocycles. The first-order chi connectivity index (χ1) is 5.22. The molecule has 2 atom stereocenters. The summed E-state index contributed by atoms with van der Waals surface area (Å²) in [5, 5.41) is 0. The van der Waals surface area contributed by atoms with Gasteiger partial charge in [-0.1, -0.05) is 39.0 Å². The van der Waals surface area contributed by atoms with Crippen molar-refractivity contribution in [2.75, 3.05) is 0 Å². The van der Waals surface area contributed by atoms with E-state index in [1.165, 1.54) is 32.1 Å². The van der Waals surface area contributed by atoms with Crippen molar-refractivity contribution in [3.05, 3.63) is 0 Å². The Balaban J connectivity index is 2.32. The zero-order valence-electron chi connectivity index (χ0n) is 7.84. The zero-order valence-corrected chi connectivity index (χ0v) is 7.84. The summed E-state index contributed by atoms with van der Waals surface area (Å²) in [5.74, 6) is 1.65. The molecule has 1 nitrogen and oxygen atoms in total. The van der Waals surface area contributed by atoms with Crippen LogP contribution in [0.15, 0.2) is 0 Å². The molecule has 0 aromatic carbocycles. The summed E-state index contributed by atoms with van der Waals surface area (Å²) < 4.78 is 0. The number of nitrogens with two attached hydrogens (primary N) is 1. The van der Waals surface area contributed by atoms with Gasteiger partial charge in [-0.3, -0.25) is 0 Å². The molecule has 0 aromatic heterocycles. The SMILES string of the molecule is CC(C1CCCCC1)[C@@H](C)N. The minimum Gasteiger partial charge on any atom is -0.328 e. The maximum atomic E-state index is 5.87. The number of hydrogen-bond donors (Lipinski definition) is 1. The fraction of sp³-hybridized carbons (Fsp3) is 1.00. The van der Waals surface area contributed by atoms with E-state index >= 15 is 0 Å². The molecule has 0 spiro atoms. The molecule has 1 aliphatic rings. The molecule has 0 aliphatic heterocycles. The van der Waals surface area contributed by atoms with Crippen molar-refractivity contribution >= 4 is 0 Å². The van der Waals surface area contributed by atoms with Gasteiger partial charge in [-0.2, -0.15) is 0 Å². The van der Waals surface area contributed by atoms with Crippen molar-refractivity contribution in [1.82, 2.24) is 0 Å². The Labute approximate surface area is 70.4 Å². The van der Waals surface area contributed by atoms with Crippen LogP contribution in [0.25, 0.3) is 0 Å². The molecule has 1 saturated carbocycles. The number of hydrogen-bond acceptors (Lipinski definition) is 1. The Bertz CT molecular complexity index is 103. The molecule has 0 aromatic rings. The van der Waals surface area contributed by atoms with E-state index in [1.807, 2.05) is 0 Å². The summed E-state index contributed by atoms with van der Waals surface area (Å²) in [7, 11) is 0. The highest BCUT2D eigenvalue weighted by molar-refractivity contribution is 4.75. The molecule has 66 valence electrons. The summed E-state index contributed by atoms with van der Waals surface area (Å²) in [5.41, 5.74) is 5.87. The second-order valence-corrected chi connectivity index (χ2v) is 4.12. The smallest absolute Gasteiger partial charge is 0.00387 e. The van der Waals surface area contributed by atoms with Crippen LogP contribution in [0.3, 0.4) is 0 Å². The second-order valence-electron chi connectivity index (χ2n) is 4.12. The van der Waals surface area contributed by atoms with Crippen molar-refractivity contribution in [2.45, 2.75) is 52.0 Å². The van der Waals surface area contributed by atoms with Crippen molar-refractivity contribution in [3.8, 4) is 0 Å². The van der Waals surface area contributed by atoms with E-state index < -0.39 is 0 Å². The molecular formula is C10H21N. The Morgan fingerprint density at radius 3 is 2.09 bits per heavy atom. The van der Waals surface area contributed by atoms with Crippen LogP contribution in [0.1, 0.15) is 46.0 Å². The largest absolute Gasteiger partial charge is 0.328 e. The molecular weight excluding hydrogens is 134 g/mol. The van der Waals surface area contributed by atoms with Gasteiger partial charge in [0.05, 0.1) is 0 Å². The van der Waals surface area contributed by atoms with E-state index in [2.05, 4.69) is 13.8 Å². The minimum atomic E-state index is 0.387. The highest BCUT2D eigenvalue weighted by Crippen LogP contribution is 2.30. The maximum Gasteiger partial charge on any atom is 0.00387 e. The van der Waals surface area contributed by atoms with Crippen molar-refractivity contribution in [1.29, 1.82) is 0 Å². The third kappa shape index (κ3) is 2.48. The van der Waals surface area contributed by atoms with Crippen LogP contribution in [0.4, 0.5) is 0 Å². The van der Waals surface area contributed by atoms with Crippen molar-refractivity contribution < 1.29 is 0 Å². The number of rotatable bonds is 2. The van der Waals surface area contributed by atoms with E-state index in [1.54, 1.807) is 0 Å². The zero-order chi connectivity index (χ0) is 8.27. The van der Waals surface area contributed by atoms with Crippen LogP contribution >= 0.6 is 0 Å². The first-order valence-electron chi connectivity index (χ1n) is 4.97. The van der Waals surface area contributed by atoms with Gasteiger partial charge < -0.3 is 5.73 Å². The Kier molecular flexibility index (Phi) is 3.38. The first-order valence-corrected chi connectivity index (χ1v) is 4.97. The van der Waals surface area contributed by atoms with Gasteiger partial charge >= 0.3 is 0 Å². The summed E-state index contributed by atoms with van der Waals surface area (Å²) in [6.07, 6.45) is 7.15. The second kappa shape index (κ2) is 4.10.